The van der Waals surface area contributed by atoms with E-state index in [0.29, 0.717) is 0 Å². The van der Waals surface area contributed by atoms with Crippen molar-refractivity contribution in [2.75, 3.05) is 0 Å². The summed E-state index contributed by atoms with van der Waals surface area (Å²) in [6.45, 7) is 0. The highest BCUT2D eigenvalue weighted by atomic mass is 19.4. The molecule has 0 amide bonds. The Hall–Kier alpha value is -1.40. The molecule has 0 aromatic heterocycles. The van der Waals surface area contributed by atoms with E-state index in [-0.39, 0.29) is 0 Å². The molecular weight excluding hydrogens is 512 g/mol. The molecule has 0 heterocycles. The average Bonchev–Trinajstić information content (AvgIpc) is 2.54. The first-order chi connectivity index (χ1) is 13.0. The normalized spacial score (nSPS) is 43.7. The van der Waals surface area contributed by atoms with Crippen LogP contribution in [0.4, 0.5) is 87.8 Å². The Balaban J connectivity index is 3.37. The molecule has 2 saturated carbocycles. The lowest BCUT2D eigenvalue weighted by atomic mass is 9.50. The van der Waals surface area contributed by atoms with E-state index >= 15 is 0 Å². The number of halogens is 20. The highest BCUT2D eigenvalue weighted by Gasteiger charge is 3.16. The molecule has 2 aliphatic rings. The Morgan fingerprint density at radius 2 is 0.516 bits per heavy atom. The summed E-state index contributed by atoms with van der Waals surface area (Å²) in [5.74, 6) is -60.7. The maximum absolute atomic E-state index is 14.6. The van der Waals surface area contributed by atoms with Crippen molar-refractivity contribution in [3.8, 4) is 0 Å². The zero-order valence-corrected chi connectivity index (χ0v) is 13.1. The van der Waals surface area contributed by atoms with E-state index in [1.165, 1.54) is 0 Å². The van der Waals surface area contributed by atoms with Gasteiger partial charge in [0.05, 0.1) is 0 Å². The molecule has 2 fully saturated rings. The number of alkyl halides is 20. The fraction of sp³-hybridized carbons (Fsp3) is 1.00. The lowest BCUT2D eigenvalue weighted by Gasteiger charge is -2.65. The molecule has 0 bridgehead atoms. The molecule has 0 aromatic rings. The molecule has 31 heavy (non-hydrogen) atoms. The number of hydrogen-bond acceptors (Lipinski definition) is 0. The molecule has 0 spiro atoms. The van der Waals surface area contributed by atoms with Gasteiger partial charge in [0.15, 0.2) is 0 Å². The van der Waals surface area contributed by atoms with Gasteiger partial charge in [-0.2, -0.15) is 74.6 Å². The lowest BCUT2D eigenvalue weighted by Crippen LogP contribution is -3.00. The molecule has 2 aliphatic carbocycles. The Kier molecular flexibility index (Phi) is 4.35. The second-order valence-corrected chi connectivity index (χ2v) is 6.49. The standard InChI is InChI=1S/C11F20/c12-1-2(13,6(19,20)10(27,28)9(25,26)4(1,15)16)5(17,18)8(23,24)7(21,22)3(1,14)11(29,30)31/t1-,2-,3-/m1/s1. The Morgan fingerprint density at radius 3 is 0.774 bits per heavy atom. The van der Waals surface area contributed by atoms with E-state index in [0.717, 1.165) is 0 Å². The Bertz CT molecular complexity index is 779. The van der Waals surface area contributed by atoms with Crippen molar-refractivity contribution >= 4 is 0 Å². The SMILES string of the molecule is FC1(F)C(F)(F)C(F)(F)[C@@]2(F)[C@](F)(C1(F)F)C(F)(F)C(F)(F)C(F)(F)[C@@]2(F)C(F)(F)F. The predicted molar refractivity (Wildman–Crippen MR) is 52.2 cm³/mol. The molecular formula is C11F20. The highest BCUT2D eigenvalue weighted by molar-refractivity contribution is 5.45. The summed E-state index contributed by atoms with van der Waals surface area (Å²) in [5.41, 5.74) is -27.2. The van der Waals surface area contributed by atoms with Crippen molar-refractivity contribution in [2.24, 2.45) is 0 Å². The first kappa shape index (κ1) is 25.9. The molecule has 0 N–H and O–H groups in total. The van der Waals surface area contributed by atoms with Crippen molar-refractivity contribution in [3.63, 3.8) is 0 Å². The van der Waals surface area contributed by atoms with Crippen LogP contribution < -0.4 is 0 Å². The largest absolute Gasteiger partial charge is 0.432 e. The summed E-state index contributed by atoms with van der Waals surface area (Å²) in [6.07, 6.45) is -8.58. The van der Waals surface area contributed by atoms with Crippen LogP contribution in [0, 0.1) is 0 Å². The third kappa shape index (κ3) is 1.78. The molecule has 0 radical (unpaired) electrons. The lowest BCUT2D eigenvalue weighted by molar-refractivity contribution is -0.564. The van der Waals surface area contributed by atoms with E-state index < -0.39 is 64.6 Å². The summed E-state index contributed by atoms with van der Waals surface area (Å²) < 4.78 is 270. The first-order valence-corrected chi connectivity index (χ1v) is 6.78. The van der Waals surface area contributed by atoms with Crippen molar-refractivity contribution < 1.29 is 87.8 Å². The van der Waals surface area contributed by atoms with Gasteiger partial charge in [-0.1, -0.05) is 0 Å². The van der Waals surface area contributed by atoms with E-state index in [9.17, 15) is 87.8 Å². The molecule has 0 nitrogen and oxygen atoms in total. The smallest absolute Gasteiger partial charge is 0.228 e. The van der Waals surface area contributed by atoms with Gasteiger partial charge in [0.2, 0.25) is 0 Å². The van der Waals surface area contributed by atoms with Crippen LogP contribution >= 0.6 is 0 Å². The van der Waals surface area contributed by atoms with Crippen LogP contribution in [0.2, 0.25) is 0 Å². The van der Waals surface area contributed by atoms with Crippen LogP contribution in [0.15, 0.2) is 0 Å². The van der Waals surface area contributed by atoms with Gasteiger partial charge in [0, 0.05) is 0 Å². The maximum Gasteiger partial charge on any atom is 0.432 e. The molecule has 184 valence electrons. The molecule has 0 aromatic carbocycles. The summed E-state index contributed by atoms with van der Waals surface area (Å²) in [6, 6.07) is 0. The fourth-order valence-electron chi connectivity index (χ4n) is 3.35. The van der Waals surface area contributed by atoms with Gasteiger partial charge in [-0.25, -0.2) is 13.2 Å². The van der Waals surface area contributed by atoms with Crippen molar-refractivity contribution in [3.05, 3.63) is 0 Å². The minimum absolute atomic E-state index is 8.45. The van der Waals surface area contributed by atoms with Crippen LogP contribution in [0.25, 0.3) is 0 Å². The minimum Gasteiger partial charge on any atom is -0.228 e. The van der Waals surface area contributed by atoms with Gasteiger partial charge >= 0.3 is 53.3 Å². The zero-order valence-electron chi connectivity index (χ0n) is 13.1. The monoisotopic (exact) mass is 512 g/mol. The van der Waals surface area contributed by atoms with Crippen LogP contribution in [0.3, 0.4) is 0 Å². The molecule has 20 heteroatoms. The van der Waals surface area contributed by atoms with E-state index in [2.05, 4.69) is 0 Å². The summed E-state index contributed by atoms with van der Waals surface area (Å²) in [4.78, 5) is 0. The summed E-state index contributed by atoms with van der Waals surface area (Å²) >= 11 is 0. The number of rotatable bonds is 0. The van der Waals surface area contributed by atoms with Gasteiger partial charge in [-0.15, -0.1) is 0 Å². The van der Waals surface area contributed by atoms with Gasteiger partial charge in [-0.3, -0.25) is 0 Å². The van der Waals surface area contributed by atoms with Crippen LogP contribution in [-0.4, -0.2) is 64.6 Å². The Morgan fingerprint density at radius 1 is 0.290 bits per heavy atom. The van der Waals surface area contributed by atoms with Gasteiger partial charge in [-0.05, 0) is 0 Å². The molecule has 2 rings (SSSR count). The van der Waals surface area contributed by atoms with Crippen molar-refractivity contribution in [2.45, 2.75) is 64.6 Å². The summed E-state index contributed by atoms with van der Waals surface area (Å²) in [5, 5.41) is 0. The van der Waals surface area contributed by atoms with Gasteiger partial charge < -0.3 is 0 Å². The van der Waals surface area contributed by atoms with E-state index in [1.807, 2.05) is 0 Å². The minimum atomic E-state index is -9.16. The first-order valence-electron chi connectivity index (χ1n) is 6.78. The second kappa shape index (κ2) is 5.22. The number of hydrogen-bond donors (Lipinski definition) is 0. The number of fused-ring (bicyclic) bond motifs is 1. The zero-order chi connectivity index (χ0) is 25.5. The average molecular weight is 512 g/mol. The third-order valence-corrected chi connectivity index (χ3v) is 5.04. The van der Waals surface area contributed by atoms with Gasteiger partial charge in [0.1, 0.15) is 0 Å². The van der Waals surface area contributed by atoms with Crippen LogP contribution in [0.5, 0.6) is 0 Å². The van der Waals surface area contributed by atoms with E-state index in [1.54, 1.807) is 0 Å². The van der Waals surface area contributed by atoms with E-state index in [4.69, 9.17) is 0 Å². The van der Waals surface area contributed by atoms with Gasteiger partial charge in [0.25, 0.3) is 11.3 Å². The van der Waals surface area contributed by atoms with Crippen molar-refractivity contribution in [1.82, 2.24) is 0 Å². The predicted octanol–water partition coefficient (Wildman–Crippen LogP) is 6.15. The molecule has 0 saturated heterocycles. The third-order valence-electron chi connectivity index (χ3n) is 5.04. The molecule has 0 unspecified atom stereocenters. The maximum atomic E-state index is 14.6. The topological polar surface area (TPSA) is 0 Å². The fourth-order valence-corrected chi connectivity index (χ4v) is 3.35. The summed E-state index contributed by atoms with van der Waals surface area (Å²) in [7, 11) is 0. The molecule has 0 aliphatic heterocycles. The van der Waals surface area contributed by atoms with Crippen molar-refractivity contribution in [1.29, 1.82) is 0 Å². The second-order valence-electron chi connectivity index (χ2n) is 6.49. The quantitative estimate of drug-likeness (QED) is 0.342. The van der Waals surface area contributed by atoms with Crippen LogP contribution in [0.1, 0.15) is 0 Å². The van der Waals surface area contributed by atoms with Crippen LogP contribution in [-0.2, 0) is 0 Å². The highest BCUT2D eigenvalue weighted by Crippen LogP contribution is 2.82. The Labute approximate surface area is 154 Å². The molecule has 3 atom stereocenters.